The van der Waals surface area contributed by atoms with Crippen molar-refractivity contribution in [3.8, 4) is 0 Å². The second kappa shape index (κ2) is 5.25. The van der Waals surface area contributed by atoms with Crippen molar-refractivity contribution in [1.82, 2.24) is 10.8 Å². The number of hydrogen-bond acceptors (Lipinski definition) is 4. The van der Waals surface area contributed by atoms with Gasteiger partial charge in [0.25, 0.3) is 17.7 Å². The number of nitrogens with one attached hydrogen (secondary N) is 2. The van der Waals surface area contributed by atoms with Crippen LogP contribution in [-0.2, 0) is 14.4 Å². The molecule has 0 spiro atoms. The van der Waals surface area contributed by atoms with E-state index in [1.54, 1.807) is 0 Å². The normalized spacial score (nSPS) is 21.8. The third-order valence-electron chi connectivity index (χ3n) is 2.55. The zero-order chi connectivity index (χ0) is 14.0. The van der Waals surface area contributed by atoms with Gasteiger partial charge in [-0.15, -0.1) is 0 Å². The zero-order valence-corrected chi connectivity index (χ0v) is 10.3. The lowest BCUT2D eigenvalue weighted by Crippen LogP contribution is -2.49. The van der Waals surface area contributed by atoms with E-state index in [1.165, 1.54) is 24.3 Å². The maximum absolute atomic E-state index is 11.9. The quantitative estimate of drug-likeness (QED) is 0.685. The van der Waals surface area contributed by atoms with Gasteiger partial charge in [-0.25, -0.2) is 5.48 Å². The largest absolute Gasteiger partial charge is 0.367 e. The minimum atomic E-state index is -1.23. The average molecular weight is 284 g/mol. The van der Waals surface area contributed by atoms with E-state index in [4.69, 9.17) is 17.3 Å². The fourth-order valence-corrected chi connectivity index (χ4v) is 1.71. The van der Waals surface area contributed by atoms with E-state index in [2.05, 4.69) is 10.2 Å². The molecule has 8 heteroatoms. The molecule has 1 aromatic rings. The first-order valence-corrected chi connectivity index (χ1v) is 5.68. The van der Waals surface area contributed by atoms with Crippen molar-refractivity contribution < 1.29 is 19.2 Å². The molecule has 0 radical (unpaired) electrons. The summed E-state index contributed by atoms with van der Waals surface area (Å²) in [7, 11) is 0. The smallest absolute Gasteiger partial charge is 0.269 e. The number of amides is 3. The summed E-state index contributed by atoms with van der Waals surface area (Å²) in [5, 5.41) is 2.86. The van der Waals surface area contributed by atoms with Crippen molar-refractivity contribution in [2.24, 2.45) is 5.73 Å². The molecule has 3 amide bonds. The summed E-state index contributed by atoms with van der Waals surface area (Å²) in [5.41, 5.74) is 7.35. The van der Waals surface area contributed by atoms with E-state index >= 15 is 0 Å². The highest BCUT2D eigenvalue weighted by Gasteiger charge is 2.41. The van der Waals surface area contributed by atoms with E-state index in [0.29, 0.717) is 10.6 Å². The lowest BCUT2D eigenvalue weighted by atomic mass is 10.1. The van der Waals surface area contributed by atoms with Gasteiger partial charge in [-0.05, 0) is 24.3 Å². The van der Waals surface area contributed by atoms with E-state index in [1.807, 2.05) is 5.48 Å². The minimum Gasteiger partial charge on any atom is -0.367 e. The number of nitrogens with two attached hydrogens (primary N) is 1. The molecule has 1 fully saturated rings. The molecule has 0 bridgehead atoms. The predicted octanol–water partition coefficient (Wildman–Crippen LogP) is -0.646. The van der Waals surface area contributed by atoms with Crippen molar-refractivity contribution in [3.05, 3.63) is 34.9 Å². The van der Waals surface area contributed by atoms with E-state index in [9.17, 15) is 14.4 Å². The Balaban J connectivity index is 2.11. The molecule has 4 N–H and O–H groups in total. The molecule has 1 aliphatic heterocycles. The summed E-state index contributed by atoms with van der Waals surface area (Å²) in [6.07, 6.45) is -1.23. The molecule has 1 saturated heterocycles. The zero-order valence-electron chi connectivity index (χ0n) is 9.55. The maximum atomic E-state index is 11.9. The molecule has 7 nitrogen and oxygen atoms in total. The highest BCUT2D eigenvalue weighted by atomic mass is 35.5. The molecule has 19 heavy (non-hydrogen) atoms. The predicted molar refractivity (Wildman–Crippen MR) is 64.9 cm³/mol. The molecule has 100 valence electrons. The van der Waals surface area contributed by atoms with Crippen LogP contribution < -0.4 is 16.5 Å². The van der Waals surface area contributed by atoms with Crippen LogP contribution in [0.25, 0.3) is 0 Å². The van der Waals surface area contributed by atoms with E-state index in [-0.39, 0.29) is 0 Å². The van der Waals surface area contributed by atoms with Gasteiger partial charge < -0.3 is 11.1 Å². The maximum Gasteiger partial charge on any atom is 0.269 e. The number of benzene rings is 1. The number of carbonyl (C=O) groups excluding carboxylic acids is 3. The first kappa shape index (κ1) is 13.3. The van der Waals surface area contributed by atoms with Crippen molar-refractivity contribution in [2.75, 3.05) is 0 Å². The van der Waals surface area contributed by atoms with Crippen molar-refractivity contribution >= 4 is 29.3 Å². The summed E-state index contributed by atoms with van der Waals surface area (Å²) < 4.78 is 0. The SMILES string of the molecule is NC(=O)C1ONC(=O)C1NC(=O)c1ccc(Cl)cc1. The second-order valence-corrected chi connectivity index (χ2v) is 4.30. The van der Waals surface area contributed by atoms with Crippen LogP contribution in [0, 0.1) is 0 Å². The van der Waals surface area contributed by atoms with Crippen LogP contribution >= 0.6 is 11.6 Å². The Kier molecular flexibility index (Phi) is 3.68. The third kappa shape index (κ3) is 2.83. The van der Waals surface area contributed by atoms with Crippen LogP contribution in [0.2, 0.25) is 5.02 Å². The van der Waals surface area contributed by atoms with Crippen molar-refractivity contribution in [2.45, 2.75) is 12.1 Å². The van der Waals surface area contributed by atoms with Gasteiger partial charge in [-0.2, -0.15) is 0 Å². The second-order valence-electron chi connectivity index (χ2n) is 3.87. The highest BCUT2D eigenvalue weighted by molar-refractivity contribution is 6.30. The number of rotatable bonds is 3. The fourth-order valence-electron chi connectivity index (χ4n) is 1.58. The van der Waals surface area contributed by atoms with E-state index in [0.717, 1.165) is 0 Å². The highest BCUT2D eigenvalue weighted by Crippen LogP contribution is 2.11. The van der Waals surface area contributed by atoms with Crippen molar-refractivity contribution in [1.29, 1.82) is 0 Å². The standard InChI is InChI=1S/C11H10ClN3O4/c12-6-3-1-5(2-4-6)10(17)14-7-8(9(13)16)19-15-11(7)18/h1-4,7-8H,(H2,13,16)(H,14,17)(H,15,18). The monoisotopic (exact) mass is 283 g/mol. The Labute approximate surface area is 113 Å². The number of halogens is 1. The topological polar surface area (TPSA) is 111 Å². The summed E-state index contributed by atoms with van der Waals surface area (Å²) in [6, 6.07) is 4.90. The van der Waals surface area contributed by atoms with Crippen LogP contribution in [0.4, 0.5) is 0 Å². The Morgan fingerprint density at radius 1 is 1.32 bits per heavy atom. The molecule has 0 aromatic heterocycles. The third-order valence-corrected chi connectivity index (χ3v) is 2.80. The summed E-state index contributed by atoms with van der Waals surface area (Å²) in [6.45, 7) is 0. The molecule has 2 unspecified atom stereocenters. The summed E-state index contributed by atoms with van der Waals surface area (Å²) in [4.78, 5) is 39.1. The molecule has 1 aliphatic rings. The number of hydroxylamine groups is 1. The van der Waals surface area contributed by atoms with Crippen LogP contribution in [0.1, 0.15) is 10.4 Å². The van der Waals surface area contributed by atoms with Gasteiger partial charge in [0, 0.05) is 10.6 Å². The van der Waals surface area contributed by atoms with Gasteiger partial charge >= 0.3 is 0 Å². The Hall–Kier alpha value is -2.12. The summed E-state index contributed by atoms with van der Waals surface area (Å²) in [5.74, 6) is -2.01. The van der Waals surface area contributed by atoms with E-state index < -0.39 is 29.9 Å². The first-order valence-electron chi connectivity index (χ1n) is 5.30. The number of hydrogen-bond donors (Lipinski definition) is 3. The van der Waals surface area contributed by atoms with Crippen LogP contribution in [0.15, 0.2) is 24.3 Å². The molecule has 2 rings (SSSR count). The fraction of sp³-hybridized carbons (Fsp3) is 0.182. The molecule has 0 aliphatic carbocycles. The molecule has 1 aromatic carbocycles. The minimum absolute atomic E-state index is 0.298. The van der Waals surface area contributed by atoms with Gasteiger partial charge in [0.05, 0.1) is 0 Å². The van der Waals surface area contributed by atoms with Gasteiger partial charge in [0.1, 0.15) is 6.04 Å². The van der Waals surface area contributed by atoms with Gasteiger partial charge in [0.2, 0.25) is 0 Å². The molecule has 1 heterocycles. The number of carbonyl (C=O) groups is 3. The van der Waals surface area contributed by atoms with Gasteiger partial charge in [-0.3, -0.25) is 19.2 Å². The molecular weight excluding hydrogens is 274 g/mol. The Morgan fingerprint density at radius 3 is 2.53 bits per heavy atom. The average Bonchev–Trinajstić information content (AvgIpc) is 2.72. The Morgan fingerprint density at radius 2 is 1.95 bits per heavy atom. The molecule has 2 atom stereocenters. The van der Waals surface area contributed by atoms with Crippen LogP contribution in [0.3, 0.4) is 0 Å². The van der Waals surface area contributed by atoms with Gasteiger partial charge in [-0.1, -0.05) is 11.6 Å². The molecule has 0 saturated carbocycles. The Bertz CT molecular complexity index is 531. The van der Waals surface area contributed by atoms with Crippen LogP contribution in [-0.4, -0.2) is 29.9 Å². The van der Waals surface area contributed by atoms with Gasteiger partial charge in [0.15, 0.2) is 6.10 Å². The molecular formula is C11H10ClN3O4. The lowest BCUT2D eigenvalue weighted by Gasteiger charge is -2.13. The van der Waals surface area contributed by atoms with Crippen LogP contribution in [0.5, 0.6) is 0 Å². The lowest BCUT2D eigenvalue weighted by molar-refractivity contribution is -0.131. The number of primary amides is 1. The summed E-state index contributed by atoms with van der Waals surface area (Å²) >= 11 is 5.70. The first-order chi connectivity index (χ1) is 8.99. The van der Waals surface area contributed by atoms with Crippen molar-refractivity contribution in [3.63, 3.8) is 0 Å².